The monoisotopic (exact) mass is 267 g/mol. The average molecular weight is 268 g/mol. The van der Waals surface area contributed by atoms with Gasteiger partial charge in [-0.3, -0.25) is 4.79 Å². The van der Waals surface area contributed by atoms with Crippen LogP contribution in [0.25, 0.3) is 0 Å². The summed E-state index contributed by atoms with van der Waals surface area (Å²) in [5.41, 5.74) is 0.818. The Morgan fingerprint density at radius 2 is 1.83 bits per heavy atom. The van der Waals surface area contributed by atoms with Gasteiger partial charge in [0.2, 0.25) is 5.91 Å². The fraction of sp³-hybridized carbons (Fsp3) is 0.500. The highest BCUT2D eigenvalue weighted by atomic mass is 35.5. The van der Waals surface area contributed by atoms with Crippen molar-refractivity contribution in [3.63, 3.8) is 0 Å². The van der Waals surface area contributed by atoms with E-state index in [1.807, 2.05) is 12.1 Å². The molecule has 1 amide bonds. The van der Waals surface area contributed by atoms with E-state index in [0.29, 0.717) is 11.4 Å². The van der Waals surface area contributed by atoms with E-state index in [1.54, 1.807) is 17.0 Å². The molecule has 3 nitrogen and oxygen atoms in total. The second-order valence-corrected chi connectivity index (χ2v) is 5.30. The molecule has 2 rings (SSSR count). The number of rotatable bonds is 4. The molecule has 0 unspecified atom stereocenters. The van der Waals surface area contributed by atoms with Crippen molar-refractivity contribution in [1.82, 2.24) is 0 Å². The van der Waals surface area contributed by atoms with Gasteiger partial charge in [0, 0.05) is 10.7 Å². The van der Waals surface area contributed by atoms with Gasteiger partial charge < -0.3 is 10.2 Å². The van der Waals surface area contributed by atoms with Crippen molar-refractivity contribution in [3.05, 3.63) is 29.3 Å². The molecule has 1 saturated heterocycles. The summed E-state index contributed by atoms with van der Waals surface area (Å²) in [5.74, 6) is 0.0930. The van der Waals surface area contributed by atoms with E-state index in [9.17, 15) is 4.79 Å². The number of quaternary nitrogens is 1. The van der Waals surface area contributed by atoms with Crippen LogP contribution in [0.15, 0.2) is 24.3 Å². The zero-order chi connectivity index (χ0) is 12.8. The molecule has 1 fully saturated rings. The molecule has 1 aliphatic heterocycles. The Bertz CT molecular complexity index is 385. The van der Waals surface area contributed by atoms with Crippen LogP contribution in [0.4, 0.5) is 5.69 Å². The van der Waals surface area contributed by atoms with Crippen molar-refractivity contribution in [2.24, 2.45) is 0 Å². The number of nitrogens with one attached hydrogen (secondary N) is 2. The van der Waals surface area contributed by atoms with Crippen LogP contribution in [-0.4, -0.2) is 25.5 Å². The van der Waals surface area contributed by atoms with Crippen molar-refractivity contribution in [2.45, 2.75) is 25.7 Å². The van der Waals surface area contributed by atoms with E-state index in [0.717, 1.165) is 12.2 Å². The predicted octanol–water partition coefficient (Wildman–Crippen LogP) is 1.74. The molecule has 2 N–H and O–H groups in total. The largest absolute Gasteiger partial charge is 0.335 e. The molecule has 0 aromatic heterocycles. The van der Waals surface area contributed by atoms with Crippen molar-refractivity contribution in [3.8, 4) is 0 Å². The number of hydrogen-bond donors (Lipinski definition) is 2. The predicted molar refractivity (Wildman–Crippen MR) is 74.1 cm³/mol. The lowest BCUT2D eigenvalue weighted by atomic mass is 10.1. The van der Waals surface area contributed by atoms with Crippen molar-refractivity contribution in [1.29, 1.82) is 0 Å². The Morgan fingerprint density at radius 3 is 2.50 bits per heavy atom. The fourth-order valence-corrected chi connectivity index (χ4v) is 2.47. The molecule has 18 heavy (non-hydrogen) atoms. The number of halogens is 1. The molecule has 0 atom stereocenters. The fourth-order valence-electron chi connectivity index (χ4n) is 2.35. The van der Waals surface area contributed by atoms with Crippen LogP contribution >= 0.6 is 11.6 Å². The Morgan fingerprint density at radius 1 is 1.17 bits per heavy atom. The summed E-state index contributed by atoms with van der Waals surface area (Å²) in [6.07, 6.45) is 4.54. The molecular weight excluding hydrogens is 248 g/mol. The van der Waals surface area contributed by atoms with Gasteiger partial charge in [-0.15, -0.1) is 0 Å². The van der Waals surface area contributed by atoms with Crippen LogP contribution in [0.5, 0.6) is 0 Å². The molecule has 98 valence electrons. The zero-order valence-corrected chi connectivity index (χ0v) is 11.3. The lowest BCUT2D eigenvalue weighted by molar-refractivity contribution is -0.904. The van der Waals surface area contributed by atoms with Gasteiger partial charge in [0.05, 0.1) is 26.1 Å². The zero-order valence-electron chi connectivity index (χ0n) is 10.5. The van der Waals surface area contributed by atoms with Crippen LogP contribution in [0.3, 0.4) is 0 Å². The number of anilines is 1. The topological polar surface area (TPSA) is 33.5 Å². The highest BCUT2D eigenvalue weighted by molar-refractivity contribution is 6.30. The highest BCUT2D eigenvalue weighted by Gasteiger charge is 2.14. The maximum absolute atomic E-state index is 11.8. The molecule has 0 radical (unpaired) electrons. The van der Waals surface area contributed by atoms with Gasteiger partial charge >= 0.3 is 0 Å². The van der Waals surface area contributed by atoms with Gasteiger partial charge in [0.25, 0.3) is 0 Å². The first-order valence-electron chi connectivity index (χ1n) is 6.63. The highest BCUT2D eigenvalue weighted by Crippen LogP contribution is 2.13. The summed E-state index contributed by atoms with van der Waals surface area (Å²) in [6.45, 7) is 3.38. The molecule has 0 aliphatic carbocycles. The molecule has 0 spiro atoms. The lowest BCUT2D eigenvalue weighted by Gasteiger charge is -2.23. The quantitative estimate of drug-likeness (QED) is 0.856. The number of piperidine rings is 1. The molecule has 1 heterocycles. The number of benzene rings is 1. The van der Waals surface area contributed by atoms with Crippen molar-refractivity contribution in [2.75, 3.05) is 25.0 Å². The Hall–Kier alpha value is -1.06. The van der Waals surface area contributed by atoms with Crippen molar-refractivity contribution < 1.29 is 9.69 Å². The van der Waals surface area contributed by atoms with Gasteiger partial charge in [-0.1, -0.05) is 11.6 Å². The van der Waals surface area contributed by atoms with Crippen LogP contribution in [-0.2, 0) is 4.79 Å². The Labute approximate surface area is 113 Å². The van der Waals surface area contributed by atoms with Gasteiger partial charge in [-0.05, 0) is 43.5 Å². The van der Waals surface area contributed by atoms with E-state index in [-0.39, 0.29) is 5.91 Å². The molecule has 0 saturated carbocycles. The van der Waals surface area contributed by atoms with Crippen LogP contribution in [0.2, 0.25) is 5.02 Å². The maximum atomic E-state index is 11.8. The lowest BCUT2D eigenvalue weighted by Crippen LogP contribution is -3.12. The number of likely N-dealkylation sites (tertiary alicyclic amines) is 1. The normalized spacial score (nSPS) is 16.5. The van der Waals surface area contributed by atoms with E-state index in [4.69, 9.17) is 11.6 Å². The molecule has 0 bridgehead atoms. The molecular formula is C14H20ClN2O+. The van der Waals surface area contributed by atoms with E-state index < -0.39 is 0 Å². The third-order valence-corrected chi connectivity index (χ3v) is 3.65. The van der Waals surface area contributed by atoms with Gasteiger partial charge in [0.15, 0.2) is 0 Å². The third kappa shape index (κ3) is 4.31. The second kappa shape index (κ2) is 6.76. The van der Waals surface area contributed by atoms with E-state index >= 15 is 0 Å². The first-order valence-corrected chi connectivity index (χ1v) is 7.01. The van der Waals surface area contributed by atoms with Gasteiger partial charge in [-0.25, -0.2) is 0 Å². The number of amides is 1. The minimum absolute atomic E-state index is 0.0930. The van der Waals surface area contributed by atoms with Gasteiger partial charge in [-0.2, -0.15) is 0 Å². The molecule has 4 heteroatoms. The maximum Gasteiger partial charge on any atom is 0.230 e. The summed E-state index contributed by atoms with van der Waals surface area (Å²) in [5, 5.41) is 3.58. The molecule has 1 aliphatic rings. The first-order chi connectivity index (χ1) is 8.74. The summed E-state index contributed by atoms with van der Waals surface area (Å²) in [4.78, 5) is 13.3. The van der Waals surface area contributed by atoms with E-state index in [2.05, 4.69) is 5.32 Å². The minimum Gasteiger partial charge on any atom is -0.335 e. The smallest absolute Gasteiger partial charge is 0.230 e. The van der Waals surface area contributed by atoms with Gasteiger partial charge in [0.1, 0.15) is 0 Å². The Kier molecular flexibility index (Phi) is 5.02. The van der Waals surface area contributed by atoms with Crippen LogP contribution < -0.4 is 10.2 Å². The van der Waals surface area contributed by atoms with E-state index in [1.165, 1.54) is 32.4 Å². The number of carbonyl (C=O) groups excluding carboxylic acids is 1. The minimum atomic E-state index is 0.0930. The average Bonchev–Trinajstić information content (AvgIpc) is 2.40. The summed E-state index contributed by atoms with van der Waals surface area (Å²) < 4.78 is 0. The summed E-state index contributed by atoms with van der Waals surface area (Å²) >= 11 is 5.79. The summed E-state index contributed by atoms with van der Waals surface area (Å²) in [6, 6.07) is 7.22. The molecule has 1 aromatic carbocycles. The second-order valence-electron chi connectivity index (χ2n) is 4.87. The number of carbonyl (C=O) groups is 1. The van der Waals surface area contributed by atoms with Crippen LogP contribution in [0.1, 0.15) is 25.7 Å². The van der Waals surface area contributed by atoms with Crippen molar-refractivity contribution >= 4 is 23.2 Å². The molecule has 1 aromatic rings. The summed E-state index contributed by atoms with van der Waals surface area (Å²) in [7, 11) is 0. The van der Waals surface area contributed by atoms with Crippen LogP contribution in [0, 0.1) is 0 Å². The number of hydrogen-bond acceptors (Lipinski definition) is 1. The Balaban J connectivity index is 1.73. The first kappa shape index (κ1) is 13.4. The third-order valence-electron chi connectivity index (χ3n) is 3.39. The SMILES string of the molecule is O=C(CC[NH+]1CCCCC1)Nc1ccc(Cl)cc1. The standard InChI is InChI=1S/C14H19ClN2O/c15-12-4-6-13(7-5-12)16-14(18)8-11-17-9-2-1-3-10-17/h4-7H,1-3,8-11H2,(H,16,18)/p+1.